The molecule has 0 radical (unpaired) electrons. The Hall–Kier alpha value is -1.09. The van der Waals surface area contributed by atoms with Crippen LogP contribution in [0.2, 0.25) is 0 Å². The third kappa shape index (κ3) is 2.98. The Bertz CT molecular complexity index is 520. The monoisotopic (exact) mass is 295 g/mol. The van der Waals surface area contributed by atoms with Gasteiger partial charge in [-0.2, -0.15) is 0 Å². The summed E-state index contributed by atoms with van der Waals surface area (Å²) in [6, 6.07) is 8.08. The number of para-hydroxylation sites is 1. The average molecular weight is 295 g/mol. The zero-order valence-corrected chi connectivity index (χ0v) is 13.2. The highest BCUT2D eigenvalue weighted by Gasteiger charge is 2.40. The van der Waals surface area contributed by atoms with Crippen molar-refractivity contribution in [2.75, 3.05) is 24.7 Å². The van der Waals surface area contributed by atoms with Crippen LogP contribution >= 0.6 is 7.60 Å². The van der Waals surface area contributed by atoms with Crippen LogP contribution in [-0.2, 0) is 13.6 Å². The first-order valence-corrected chi connectivity index (χ1v) is 8.61. The van der Waals surface area contributed by atoms with Gasteiger partial charge in [0, 0.05) is 12.2 Å². The van der Waals surface area contributed by atoms with Crippen LogP contribution in [0.25, 0.3) is 0 Å². The van der Waals surface area contributed by atoms with Crippen LogP contribution in [0.3, 0.4) is 0 Å². The number of rotatable bonds is 6. The van der Waals surface area contributed by atoms with Crippen molar-refractivity contribution < 1.29 is 13.6 Å². The van der Waals surface area contributed by atoms with E-state index in [2.05, 4.69) is 17.9 Å². The van der Waals surface area contributed by atoms with Crippen molar-refractivity contribution in [3.63, 3.8) is 0 Å². The lowest BCUT2D eigenvalue weighted by Crippen LogP contribution is -2.31. The zero-order valence-electron chi connectivity index (χ0n) is 12.3. The standard InChI is InChI=1S/C15H22NO3P/c1-4-18-20(17,19-5-2)15-11-8-12-16(15)14-10-7-6-9-13(14)3/h6-11,15H,4-5,12H2,1-3H3. The van der Waals surface area contributed by atoms with E-state index in [1.807, 2.05) is 44.2 Å². The zero-order chi connectivity index (χ0) is 14.6. The summed E-state index contributed by atoms with van der Waals surface area (Å²) in [5.41, 5.74) is 2.22. The van der Waals surface area contributed by atoms with Gasteiger partial charge in [0.05, 0.1) is 13.2 Å². The highest BCUT2D eigenvalue weighted by atomic mass is 31.2. The first-order valence-electron chi connectivity index (χ1n) is 7.00. The minimum Gasteiger partial charge on any atom is -0.350 e. The minimum absolute atomic E-state index is 0.344. The van der Waals surface area contributed by atoms with E-state index >= 15 is 0 Å². The van der Waals surface area contributed by atoms with Crippen molar-refractivity contribution in [2.24, 2.45) is 0 Å². The van der Waals surface area contributed by atoms with Crippen LogP contribution in [0.1, 0.15) is 19.4 Å². The molecule has 5 heteroatoms. The molecule has 0 saturated carbocycles. The summed E-state index contributed by atoms with van der Waals surface area (Å²) in [5.74, 6) is -0.344. The molecule has 2 rings (SSSR count). The first-order chi connectivity index (χ1) is 9.62. The summed E-state index contributed by atoms with van der Waals surface area (Å²) in [6.07, 6.45) is 3.94. The van der Waals surface area contributed by atoms with Crippen molar-refractivity contribution in [2.45, 2.75) is 26.6 Å². The van der Waals surface area contributed by atoms with E-state index in [0.717, 1.165) is 17.8 Å². The van der Waals surface area contributed by atoms with Crippen LogP contribution in [0, 0.1) is 6.92 Å². The largest absolute Gasteiger partial charge is 0.356 e. The fraction of sp³-hybridized carbons (Fsp3) is 0.467. The third-order valence-electron chi connectivity index (χ3n) is 3.30. The summed E-state index contributed by atoms with van der Waals surface area (Å²) < 4.78 is 23.9. The van der Waals surface area contributed by atoms with Gasteiger partial charge in [-0.15, -0.1) is 0 Å². The molecular weight excluding hydrogens is 273 g/mol. The van der Waals surface area contributed by atoms with Gasteiger partial charge in [-0.3, -0.25) is 4.57 Å². The molecule has 0 N–H and O–H groups in total. The Morgan fingerprint density at radius 1 is 1.25 bits per heavy atom. The SMILES string of the molecule is CCOP(=O)(OCC)C1C=CCN1c1ccccc1C. The fourth-order valence-electron chi connectivity index (χ4n) is 2.46. The van der Waals surface area contributed by atoms with Crippen molar-refractivity contribution in [1.82, 2.24) is 0 Å². The predicted octanol–water partition coefficient (Wildman–Crippen LogP) is 3.96. The molecule has 1 aromatic rings. The van der Waals surface area contributed by atoms with Crippen molar-refractivity contribution in [3.05, 3.63) is 42.0 Å². The molecule has 4 nitrogen and oxygen atoms in total. The molecule has 1 heterocycles. The van der Waals surface area contributed by atoms with Crippen molar-refractivity contribution in [1.29, 1.82) is 0 Å². The maximum absolute atomic E-state index is 13.0. The summed E-state index contributed by atoms with van der Waals surface area (Å²) in [6.45, 7) is 7.20. The lowest BCUT2D eigenvalue weighted by molar-refractivity contribution is 0.215. The summed E-state index contributed by atoms with van der Waals surface area (Å²) in [4.78, 5) is 2.08. The van der Waals surface area contributed by atoms with Gasteiger partial charge in [-0.25, -0.2) is 0 Å². The van der Waals surface area contributed by atoms with Gasteiger partial charge >= 0.3 is 7.60 Å². The van der Waals surface area contributed by atoms with Gasteiger partial charge < -0.3 is 13.9 Å². The van der Waals surface area contributed by atoms with Crippen molar-refractivity contribution in [3.8, 4) is 0 Å². The topological polar surface area (TPSA) is 38.8 Å². The predicted molar refractivity (Wildman–Crippen MR) is 82.3 cm³/mol. The molecule has 1 unspecified atom stereocenters. The van der Waals surface area contributed by atoms with Gasteiger partial charge in [-0.05, 0) is 32.4 Å². The minimum atomic E-state index is -3.17. The van der Waals surface area contributed by atoms with Gasteiger partial charge in [0.2, 0.25) is 0 Å². The molecule has 0 spiro atoms. The summed E-state index contributed by atoms with van der Waals surface area (Å²) >= 11 is 0. The van der Waals surface area contributed by atoms with Crippen LogP contribution in [0.4, 0.5) is 5.69 Å². The van der Waals surface area contributed by atoms with E-state index in [1.165, 1.54) is 0 Å². The molecule has 20 heavy (non-hydrogen) atoms. The Balaban J connectivity index is 2.32. The molecule has 1 aliphatic rings. The summed E-state index contributed by atoms with van der Waals surface area (Å²) in [5, 5.41) is 0. The smallest absolute Gasteiger partial charge is 0.350 e. The number of benzene rings is 1. The maximum atomic E-state index is 13.0. The average Bonchev–Trinajstić information content (AvgIpc) is 2.89. The molecule has 1 atom stereocenters. The number of hydrogen-bond donors (Lipinski definition) is 0. The maximum Gasteiger partial charge on any atom is 0.356 e. The van der Waals surface area contributed by atoms with E-state index in [1.54, 1.807) is 0 Å². The van der Waals surface area contributed by atoms with E-state index in [0.29, 0.717) is 13.2 Å². The molecular formula is C15H22NO3P. The fourth-order valence-corrected chi connectivity index (χ4v) is 4.45. The van der Waals surface area contributed by atoms with Gasteiger partial charge in [0.1, 0.15) is 0 Å². The number of hydrogen-bond acceptors (Lipinski definition) is 4. The van der Waals surface area contributed by atoms with Crippen LogP contribution < -0.4 is 4.90 Å². The molecule has 0 fully saturated rings. The highest BCUT2D eigenvalue weighted by molar-refractivity contribution is 7.55. The van der Waals surface area contributed by atoms with Crippen molar-refractivity contribution >= 4 is 13.3 Å². The van der Waals surface area contributed by atoms with E-state index < -0.39 is 7.60 Å². The molecule has 0 amide bonds. The van der Waals surface area contributed by atoms with E-state index in [9.17, 15) is 4.57 Å². The van der Waals surface area contributed by atoms with Gasteiger partial charge in [0.15, 0.2) is 5.78 Å². The number of nitrogens with zero attached hydrogens (tertiary/aromatic N) is 1. The van der Waals surface area contributed by atoms with Crippen LogP contribution in [-0.4, -0.2) is 25.5 Å². The summed E-state index contributed by atoms with van der Waals surface area (Å²) in [7, 11) is -3.17. The lowest BCUT2D eigenvalue weighted by Gasteiger charge is -2.32. The number of anilines is 1. The Labute approximate surface area is 120 Å². The Morgan fingerprint density at radius 3 is 2.50 bits per heavy atom. The molecule has 1 aromatic carbocycles. The highest BCUT2D eigenvalue weighted by Crippen LogP contribution is 2.56. The Kier molecular flexibility index (Phi) is 5.03. The second kappa shape index (κ2) is 6.57. The second-order valence-electron chi connectivity index (χ2n) is 4.66. The van der Waals surface area contributed by atoms with Crippen LogP contribution in [0.5, 0.6) is 0 Å². The molecule has 0 aliphatic carbocycles. The van der Waals surface area contributed by atoms with E-state index in [4.69, 9.17) is 9.05 Å². The van der Waals surface area contributed by atoms with Gasteiger partial charge in [0.25, 0.3) is 0 Å². The Morgan fingerprint density at radius 2 is 1.90 bits per heavy atom. The quantitative estimate of drug-likeness (QED) is 0.588. The normalized spacial score (nSPS) is 18.8. The molecule has 0 saturated heterocycles. The molecule has 0 aromatic heterocycles. The lowest BCUT2D eigenvalue weighted by atomic mass is 10.2. The molecule has 1 aliphatic heterocycles. The molecule has 110 valence electrons. The number of aryl methyl sites for hydroxylation is 1. The second-order valence-corrected chi connectivity index (χ2v) is 6.78. The van der Waals surface area contributed by atoms with Crippen LogP contribution in [0.15, 0.2) is 36.4 Å². The van der Waals surface area contributed by atoms with E-state index in [-0.39, 0.29) is 5.78 Å². The first kappa shape index (κ1) is 15.3. The third-order valence-corrected chi connectivity index (χ3v) is 5.63. The van der Waals surface area contributed by atoms with Gasteiger partial charge in [-0.1, -0.05) is 30.4 Å². The molecule has 0 bridgehead atoms.